The lowest BCUT2D eigenvalue weighted by molar-refractivity contribution is -0.370. The zero-order valence-corrected chi connectivity index (χ0v) is 7.86. The normalized spacial score (nSPS) is 14.8. The minimum atomic E-state index is -1.23. The molecule has 0 amide bonds. The quantitative estimate of drug-likeness (QED) is 0.580. The van der Waals surface area contributed by atoms with Gasteiger partial charge < -0.3 is 24.1 Å². The highest BCUT2D eigenvalue weighted by Crippen LogP contribution is 2.19. The van der Waals surface area contributed by atoms with Crippen LogP contribution in [0.15, 0.2) is 0 Å². The van der Waals surface area contributed by atoms with E-state index in [1.807, 2.05) is 0 Å². The highest BCUT2D eigenvalue weighted by molar-refractivity contribution is 4.57. The summed E-state index contributed by atoms with van der Waals surface area (Å²) in [7, 11) is 5.66. The molecule has 12 heavy (non-hydrogen) atoms. The number of aliphatic hydroxyl groups is 1. The molecule has 5 nitrogen and oxygen atoms in total. The molecule has 0 aromatic rings. The van der Waals surface area contributed by atoms with Gasteiger partial charge in [-0.3, -0.25) is 0 Å². The third-order valence-corrected chi connectivity index (χ3v) is 1.63. The van der Waals surface area contributed by atoms with E-state index in [1.165, 1.54) is 28.4 Å². The molecule has 0 rings (SSSR count). The molecule has 0 aromatic heterocycles. The fourth-order valence-electron chi connectivity index (χ4n) is 0.797. The van der Waals surface area contributed by atoms with Crippen LogP contribution in [0.2, 0.25) is 0 Å². The van der Waals surface area contributed by atoms with Gasteiger partial charge in [0.05, 0.1) is 6.42 Å². The standard InChI is InChI=1S/C7H16O5/c1-9-6(8)5-7(10-2,11-3)12-4/h6,8H,5H2,1-4H3. The van der Waals surface area contributed by atoms with Crippen molar-refractivity contribution in [2.75, 3.05) is 28.4 Å². The predicted octanol–water partition coefficient (Wildman–Crippen LogP) is -0.0657. The maximum atomic E-state index is 9.12. The molecule has 0 spiro atoms. The molecule has 0 aromatic carbocycles. The summed E-state index contributed by atoms with van der Waals surface area (Å²) in [5.74, 6) is -1.23. The van der Waals surface area contributed by atoms with Crippen LogP contribution in [-0.2, 0) is 18.9 Å². The Hall–Kier alpha value is -0.200. The maximum Gasteiger partial charge on any atom is 0.287 e. The molecule has 74 valence electrons. The highest BCUT2D eigenvalue weighted by atomic mass is 16.9. The third kappa shape index (κ3) is 3.04. The van der Waals surface area contributed by atoms with E-state index in [0.29, 0.717) is 0 Å². The van der Waals surface area contributed by atoms with E-state index in [2.05, 4.69) is 4.74 Å². The third-order valence-electron chi connectivity index (χ3n) is 1.63. The van der Waals surface area contributed by atoms with Gasteiger partial charge in [-0.15, -0.1) is 0 Å². The summed E-state index contributed by atoms with van der Waals surface area (Å²) in [6.07, 6.45) is -0.877. The van der Waals surface area contributed by atoms with E-state index >= 15 is 0 Å². The van der Waals surface area contributed by atoms with Crippen molar-refractivity contribution < 1.29 is 24.1 Å². The molecule has 0 saturated heterocycles. The van der Waals surface area contributed by atoms with Gasteiger partial charge in [-0.1, -0.05) is 0 Å². The number of hydrogen-bond acceptors (Lipinski definition) is 5. The summed E-state index contributed by atoms with van der Waals surface area (Å²) < 4.78 is 19.4. The van der Waals surface area contributed by atoms with Crippen LogP contribution in [0.3, 0.4) is 0 Å². The zero-order valence-electron chi connectivity index (χ0n) is 7.86. The van der Waals surface area contributed by atoms with Crippen molar-refractivity contribution in [1.29, 1.82) is 0 Å². The summed E-state index contributed by atoms with van der Waals surface area (Å²) in [6, 6.07) is 0. The highest BCUT2D eigenvalue weighted by Gasteiger charge is 2.32. The van der Waals surface area contributed by atoms with Crippen molar-refractivity contribution >= 4 is 0 Å². The van der Waals surface area contributed by atoms with E-state index in [1.54, 1.807) is 0 Å². The van der Waals surface area contributed by atoms with Gasteiger partial charge in [-0.05, 0) is 0 Å². The van der Waals surface area contributed by atoms with Gasteiger partial charge in [0, 0.05) is 28.4 Å². The molecule has 0 saturated carbocycles. The zero-order chi connectivity index (χ0) is 9.61. The fourth-order valence-corrected chi connectivity index (χ4v) is 0.797. The molecule has 0 aliphatic carbocycles. The van der Waals surface area contributed by atoms with Crippen LogP contribution in [0.25, 0.3) is 0 Å². The van der Waals surface area contributed by atoms with Gasteiger partial charge in [-0.2, -0.15) is 0 Å². The molecule has 1 N–H and O–H groups in total. The molecule has 1 atom stereocenters. The van der Waals surface area contributed by atoms with Gasteiger partial charge in [-0.25, -0.2) is 0 Å². The lowest BCUT2D eigenvalue weighted by Gasteiger charge is -2.29. The fraction of sp³-hybridized carbons (Fsp3) is 1.00. The number of rotatable bonds is 6. The average molecular weight is 180 g/mol. The van der Waals surface area contributed by atoms with E-state index in [9.17, 15) is 0 Å². The minimum Gasteiger partial charge on any atom is -0.368 e. The largest absolute Gasteiger partial charge is 0.368 e. The van der Waals surface area contributed by atoms with Crippen molar-refractivity contribution in [2.24, 2.45) is 0 Å². The predicted molar refractivity (Wildman–Crippen MR) is 41.4 cm³/mol. The van der Waals surface area contributed by atoms with Gasteiger partial charge in [0.15, 0.2) is 6.29 Å². The van der Waals surface area contributed by atoms with E-state index < -0.39 is 12.3 Å². The Balaban J connectivity index is 4.09. The number of hydrogen-bond donors (Lipinski definition) is 1. The second-order valence-corrected chi connectivity index (χ2v) is 2.19. The van der Waals surface area contributed by atoms with Crippen LogP contribution in [0, 0.1) is 0 Å². The lowest BCUT2D eigenvalue weighted by Crippen LogP contribution is -2.40. The Labute approximate surface area is 72.2 Å². The molecule has 0 radical (unpaired) electrons. The van der Waals surface area contributed by atoms with Crippen LogP contribution in [0.1, 0.15) is 6.42 Å². The van der Waals surface area contributed by atoms with Crippen LogP contribution in [0.5, 0.6) is 0 Å². The monoisotopic (exact) mass is 180 g/mol. The first-order valence-electron chi connectivity index (χ1n) is 3.50. The first-order valence-corrected chi connectivity index (χ1v) is 3.50. The van der Waals surface area contributed by atoms with Crippen LogP contribution < -0.4 is 0 Å². The average Bonchev–Trinajstić information content (AvgIpc) is 2.14. The van der Waals surface area contributed by atoms with Crippen LogP contribution in [0.4, 0.5) is 0 Å². The van der Waals surface area contributed by atoms with E-state index in [4.69, 9.17) is 19.3 Å². The first-order chi connectivity index (χ1) is 5.64. The SMILES string of the molecule is COC(O)CC(OC)(OC)OC. The number of aliphatic hydroxyl groups excluding tert-OH is 1. The van der Waals surface area contributed by atoms with Crippen molar-refractivity contribution in [2.45, 2.75) is 18.7 Å². The summed E-state index contributed by atoms with van der Waals surface area (Å²) in [5.41, 5.74) is 0. The molecule has 5 heteroatoms. The van der Waals surface area contributed by atoms with Crippen molar-refractivity contribution in [3.63, 3.8) is 0 Å². The molecular formula is C7H16O5. The van der Waals surface area contributed by atoms with Crippen LogP contribution in [-0.4, -0.2) is 45.8 Å². The Morgan fingerprint density at radius 3 is 1.75 bits per heavy atom. The van der Waals surface area contributed by atoms with Gasteiger partial charge in [0.25, 0.3) is 5.97 Å². The topological polar surface area (TPSA) is 57.2 Å². The van der Waals surface area contributed by atoms with Gasteiger partial charge in [0.1, 0.15) is 0 Å². The second-order valence-electron chi connectivity index (χ2n) is 2.19. The molecule has 1 unspecified atom stereocenters. The van der Waals surface area contributed by atoms with E-state index in [0.717, 1.165) is 0 Å². The summed E-state index contributed by atoms with van der Waals surface area (Å²) in [4.78, 5) is 0. The van der Waals surface area contributed by atoms with Gasteiger partial charge >= 0.3 is 0 Å². The number of methoxy groups -OCH3 is 4. The summed E-state index contributed by atoms with van der Waals surface area (Å²) in [5, 5.41) is 9.12. The van der Waals surface area contributed by atoms with Crippen LogP contribution >= 0.6 is 0 Å². The molecular weight excluding hydrogens is 164 g/mol. The Kier molecular flexibility index (Phi) is 5.36. The molecule has 0 bridgehead atoms. The number of ether oxygens (including phenoxy) is 4. The smallest absolute Gasteiger partial charge is 0.287 e. The lowest BCUT2D eigenvalue weighted by atomic mass is 10.3. The van der Waals surface area contributed by atoms with Crippen molar-refractivity contribution in [3.05, 3.63) is 0 Å². The van der Waals surface area contributed by atoms with Crippen molar-refractivity contribution in [3.8, 4) is 0 Å². The first kappa shape index (κ1) is 11.8. The maximum absolute atomic E-state index is 9.12. The molecule has 0 fully saturated rings. The van der Waals surface area contributed by atoms with Gasteiger partial charge in [0.2, 0.25) is 0 Å². The second kappa shape index (κ2) is 5.45. The summed E-state index contributed by atoms with van der Waals surface area (Å²) >= 11 is 0. The molecule has 0 aliphatic rings. The Morgan fingerprint density at radius 1 is 1.08 bits per heavy atom. The van der Waals surface area contributed by atoms with Crippen molar-refractivity contribution in [1.82, 2.24) is 0 Å². The Morgan fingerprint density at radius 2 is 1.50 bits per heavy atom. The van der Waals surface area contributed by atoms with E-state index in [-0.39, 0.29) is 6.42 Å². The summed E-state index contributed by atoms with van der Waals surface area (Å²) in [6.45, 7) is 0. The molecule has 0 heterocycles. The minimum absolute atomic E-state index is 0.0903. The Bertz CT molecular complexity index is 104. The molecule has 0 aliphatic heterocycles.